The minimum Gasteiger partial charge on any atom is -0.394 e. The predicted octanol–water partition coefficient (Wildman–Crippen LogP) is -2.28. The normalized spacial score (nSPS) is 49.2. The van der Waals surface area contributed by atoms with Gasteiger partial charge < -0.3 is 25.2 Å². The van der Waals surface area contributed by atoms with Crippen LogP contribution in [0.2, 0.25) is 0 Å². The molecule has 0 amide bonds. The lowest BCUT2D eigenvalue weighted by atomic mass is 10.0. The maximum atomic E-state index is 9.24. The SMILES string of the molecule is OC[C@H]1OC(O)[C@H](O)[C@H](O)[C@@H]1S. The van der Waals surface area contributed by atoms with E-state index in [0.29, 0.717) is 0 Å². The summed E-state index contributed by atoms with van der Waals surface area (Å²) in [6.45, 7) is -0.352. The van der Waals surface area contributed by atoms with Crippen LogP contribution in [-0.2, 0) is 4.74 Å². The van der Waals surface area contributed by atoms with E-state index in [1.807, 2.05) is 0 Å². The Hall–Kier alpha value is 0.150. The summed E-state index contributed by atoms with van der Waals surface area (Å²) in [6.07, 6.45) is -4.76. The Morgan fingerprint density at radius 3 is 2.25 bits per heavy atom. The molecule has 72 valence electrons. The summed E-state index contributed by atoms with van der Waals surface area (Å²) in [5.74, 6) is 0. The number of ether oxygens (including phenoxy) is 1. The number of thiol groups is 1. The fourth-order valence-electron chi connectivity index (χ4n) is 1.08. The second-order valence-electron chi connectivity index (χ2n) is 2.72. The van der Waals surface area contributed by atoms with E-state index in [9.17, 15) is 5.11 Å². The quantitative estimate of drug-likeness (QED) is 0.305. The van der Waals surface area contributed by atoms with Crippen molar-refractivity contribution in [2.75, 3.05) is 6.61 Å². The first-order chi connectivity index (χ1) is 5.57. The van der Waals surface area contributed by atoms with Crippen LogP contribution in [0.4, 0.5) is 0 Å². The Balaban J connectivity index is 2.63. The van der Waals surface area contributed by atoms with Crippen LogP contribution in [0.1, 0.15) is 0 Å². The molecule has 0 radical (unpaired) electrons. The van der Waals surface area contributed by atoms with E-state index in [2.05, 4.69) is 12.6 Å². The van der Waals surface area contributed by atoms with Crippen molar-refractivity contribution >= 4 is 12.6 Å². The van der Waals surface area contributed by atoms with Crippen LogP contribution in [0, 0.1) is 0 Å². The van der Waals surface area contributed by atoms with E-state index in [4.69, 9.17) is 20.1 Å². The molecule has 0 spiro atoms. The monoisotopic (exact) mass is 196 g/mol. The van der Waals surface area contributed by atoms with Gasteiger partial charge in [0.25, 0.3) is 0 Å². The third-order valence-electron chi connectivity index (χ3n) is 1.87. The highest BCUT2D eigenvalue weighted by Gasteiger charge is 2.41. The molecule has 5 nitrogen and oxygen atoms in total. The second-order valence-corrected chi connectivity index (χ2v) is 3.32. The van der Waals surface area contributed by atoms with Crippen molar-refractivity contribution in [3.8, 4) is 0 Å². The smallest absolute Gasteiger partial charge is 0.183 e. The zero-order chi connectivity index (χ0) is 9.30. The van der Waals surface area contributed by atoms with E-state index in [1.54, 1.807) is 0 Å². The minimum absolute atomic E-state index is 0.352. The molecule has 0 saturated carbocycles. The molecule has 0 aromatic heterocycles. The maximum absolute atomic E-state index is 9.24. The second kappa shape index (κ2) is 3.91. The standard InChI is InChI=1S/C6H12O5S/c7-1-2-5(12)3(8)4(9)6(10)11-2/h2-10,12H,1H2/t2-,3+,4-,5-,6?/m1/s1. The van der Waals surface area contributed by atoms with Gasteiger partial charge in [0.05, 0.1) is 24.1 Å². The molecule has 1 heterocycles. The molecule has 4 N–H and O–H groups in total. The van der Waals surface area contributed by atoms with Crippen molar-refractivity contribution < 1.29 is 25.2 Å². The Morgan fingerprint density at radius 2 is 1.75 bits per heavy atom. The zero-order valence-corrected chi connectivity index (χ0v) is 7.13. The number of hydrogen-bond donors (Lipinski definition) is 5. The Bertz CT molecular complexity index is 150. The van der Waals surface area contributed by atoms with E-state index >= 15 is 0 Å². The van der Waals surface area contributed by atoms with Gasteiger partial charge >= 0.3 is 0 Å². The predicted molar refractivity (Wildman–Crippen MR) is 42.8 cm³/mol. The Morgan fingerprint density at radius 1 is 1.17 bits per heavy atom. The van der Waals surface area contributed by atoms with Crippen LogP contribution >= 0.6 is 12.6 Å². The summed E-state index contributed by atoms with van der Waals surface area (Å²) < 4.78 is 4.75. The third-order valence-corrected chi connectivity index (χ3v) is 2.51. The summed E-state index contributed by atoms with van der Waals surface area (Å²) in [4.78, 5) is 0. The van der Waals surface area contributed by atoms with Crippen molar-refractivity contribution in [2.24, 2.45) is 0 Å². The zero-order valence-electron chi connectivity index (χ0n) is 6.24. The van der Waals surface area contributed by atoms with Crippen LogP contribution in [0.15, 0.2) is 0 Å². The summed E-state index contributed by atoms with van der Waals surface area (Å²) in [7, 11) is 0. The first-order valence-electron chi connectivity index (χ1n) is 3.56. The average Bonchev–Trinajstić information content (AvgIpc) is 2.08. The van der Waals surface area contributed by atoms with Crippen molar-refractivity contribution in [2.45, 2.75) is 29.9 Å². The van der Waals surface area contributed by atoms with E-state index in [-0.39, 0.29) is 6.61 Å². The molecular formula is C6H12O5S. The summed E-state index contributed by atoms with van der Waals surface area (Å²) in [5, 5.41) is 35.3. The van der Waals surface area contributed by atoms with Crippen LogP contribution in [0.5, 0.6) is 0 Å². The molecule has 0 aliphatic carbocycles. The van der Waals surface area contributed by atoms with Crippen molar-refractivity contribution in [1.82, 2.24) is 0 Å². The van der Waals surface area contributed by atoms with Gasteiger partial charge in [-0.05, 0) is 0 Å². The summed E-state index contributed by atoms with van der Waals surface area (Å²) >= 11 is 3.93. The van der Waals surface area contributed by atoms with Crippen molar-refractivity contribution in [3.05, 3.63) is 0 Å². The molecule has 6 heteroatoms. The molecule has 1 aliphatic rings. The Labute approximate surface area is 75.0 Å². The molecular weight excluding hydrogens is 184 g/mol. The van der Waals surface area contributed by atoms with Gasteiger partial charge in [-0.3, -0.25) is 0 Å². The number of hydrogen-bond acceptors (Lipinski definition) is 6. The van der Waals surface area contributed by atoms with Crippen LogP contribution < -0.4 is 0 Å². The lowest BCUT2D eigenvalue weighted by Crippen LogP contribution is -2.56. The van der Waals surface area contributed by atoms with E-state index in [0.717, 1.165) is 0 Å². The fourth-order valence-corrected chi connectivity index (χ4v) is 1.42. The van der Waals surface area contributed by atoms with Crippen molar-refractivity contribution in [1.29, 1.82) is 0 Å². The first-order valence-corrected chi connectivity index (χ1v) is 4.08. The highest BCUT2D eigenvalue weighted by atomic mass is 32.1. The largest absolute Gasteiger partial charge is 0.394 e. The fraction of sp³-hybridized carbons (Fsp3) is 1.00. The van der Waals surface area contributed by atoms with Crippen molar-refractivity contribution in [3.63, 3.8) is 0 Å². The molecule has 5 atom stereocenters. The lowest BCUT2D eigenvalue weighted by Gasteiger charge is -2.37. The van der Waals surface area contributed by atoms with Gasteiger partial charge in [0.2, 0.25) is 0 Å². The first kappa shape index (κ1) is 10.2. The van der Waals surface area contributed by atoms with Gasteiger partial charge in [-0.15, -0.1) is 0 Å². The molecule has 0 aromatic carbocycles. The molecule has 1 saturated heterocycles. The molecule has 1 aliphatic heterocycles. The minimum atomic E-state index is -1.46. The van der Waals surface area contributed by atoms with Gasteiger partial charge in [0, 0.05) is 0 Å². The number of rotatable bonds is 1. The average molecular weight is 196 g/mol. The van der Waals surface area contributed by atoms with Gasteiger partial charge in [-0.1, -0.05) is 0 Å². The number of aliphatic hydroxyl groups excluding tert-OH is 4. The van der Waals surface area contributed by atoms with Crippen LogP contribution in [-0.4, -0.2) is 56.9 Å². The van der Waals surface area contributed by atoms with E-state index < -0.39 is 29.9 Å². The molecule has 0 aromatic rings. The molecule has 1 unspecified atom stereocenters. The van der Waals surface area contributed by atoms with Crippen LogP contribution in [0.25, 0.3) is 0 Å². The van der Waals surface area contributed by atoms with E-state index in [1.165, 1.54) is 0 Å². The van der Waals surface area contributed by atoms with Gasteiger partial charge in [0.15, 0.2) is 6.29 Å². The van der Waals surface area contributed by atoms with Gasteiger partial charge in [0.1, 0.15) is 6.10 Å². The highest BCUT2D eigenvalue weighted by molar-refractivity contribution is 7.81. The highest BCUT2D eigenvalue weighted by Crippen LogP contribution is 2.23. The topological polar surface area (TPSA) is 90.2 Å². The molecule has 1 rings (SSSR count). The Kier molecular flexibility index (Phi) is 3.33. The van der Waals surface area contributed by atoms with Gasteiger partial charge in [-0.25, -0.2) is 0 Å². The summed E-state index contributed by atoms with van der Waals surface area (Å²) in [5.41, 5.74) is 0. The molecule has 12 heavy (non-hydrogen) atoms. The molecule has 1 fully saturated rings. The summed E-state index contributed by atoms with van der Waals surface area (Å²) in [6, 6.07) is 0. The van der Waals surface area contributed by atoms with Gasteiger partial charge in [-0.2, -0.15) is 12.6 Å². The molecule has 0 bridgehead atoms. The van der Waals surface area contributed by atoms with Crippen LogP contribution in [0.3, 0.4) is 0 Å². The third kappa shape index (κ3) is 1.73. The number of aliphatic hydroxyl groups is 4. The maximum Gasteiger partial charge on any atom is 0.183 e. The lowest BCUT2D eigenvalue weighted by molar-refractivity contribution is -0.248.